The van der Waals surface area contributed by atoms with Gasteiger partial charge in [-0.3, -0.25) is 20.0 Å². The average Bonchev–Trinajstić information content (AvgIpc) is 1.39. The number of nitro benzene ring substituents is 1. The molecule has 0 spiro atoms. The maximum Gasteiger partial charge on any atom is 0.331 e. The van der Waals surface area contributed by atoms with Crippen LogP contribution >= 0.6 is 20.3 Å². The number of thioether (sulfide) groups is 1. The summed E-state index contributed by atoms with van der Waals surface area (Å²) >= 11 is 1.25. The summed E-state index contributed by atoms with van der Waals surface area (Å²) in [6, 6.07) is 31.6. The van der Waals surface area contributed by atoms with E-state index in [1.54, 1.807) is 44.2 Å². The van der Waals surface area contributed by atoms with E-state index in [9.17, 15) is 25.0 Å². The summed E-state index contributed by atoms with van der Waals surface area (Å²) < 4.78 is 64.8. The number of aromatic nitrogens is 4. The third-order valence-electron chi connectivity index (χ3n) is 17.2. The lowest BCUT2D eigenvalue weighted by Gasteiger charge is -2.42. The minimum absolute atomic E-state index is 0.0388. The second kappa shape index (κ2) is 31.2. The number of benzene rings is 4. The molecule has 2 amide bonds. The van der Waals surface area contributed by atoms with Crippen LogP contribution in [0.25, 0.3) is 11.2 Å². The Morgan fingerprint density at radius 1 is 0.815 bits per heavy atom. The number of nitro groups is 1. The highest BCUT2D eigenvalue weighted by Crippen LogP contribution is 2.53. The van der Waals surface area contributed by atoms with Gasteiger partial charge in [-0.1, -0.05) is 120 Å². The molecule has 6 aromatic rings. The van der Waals surface area contributed by atoms with Gasteiger partial charge < -0.3 is 46.9 Å². The number of amides is 2. The first kappa shape index (κ1) is 73.0. The molecular formula is C66H92N9O13PSSi2. The lowest BCUT2D eigenvalue weighted by atomic mass is 9.80. The van der Waals surface area contributed by atoms with Crippen molar-refractivity contribution < 1.29 is 56.1 Å². The molecule has 0 aliphatic carbocycles. The number of rotatable bonds is 30. The lowest BCUT2D eigenvalue weighted by molar-refractivity contribution is -0.384. The number of ether oxygens (including phenoxy) is 5. The van der Waals surface area contributed by atoms with Gasteiger partial charge >= 0.3 is 12.0 Å². The van der Waals surface area contributed by atoms with Crippen molar-refractivity contribution in [1.29, 1.82) is 5.26 Å². The average molecular weight is 1340 g/mol. The summed E-state index contributed by atoms with van der Waals surface area (Å²) in [6.45, 7) is 31.2. The van der Waals surface area contributed by atoms with E-state index in [4.69, 9.17) is 56.5 Å². The molecule has 1 fully saturated rings. The molecule has 22 nitrogen and oxygen atoms in total. The molecule has 0 radical (unpaired) electrons. The van der Waals surface area contributed by atoms with Crippen LogP contribution in [0.1, 0.15) is 111 Å². The van der Waals surface area contributed by atoms with Gasteiger partial charge in [0.05, 0.1) is 63.9 Å². The number of esters is 1. The van der Waals surface area contributed by atoms with E-state index in [2.05, 4.69) is 117 Å². The van der Waals surface area contributed by atoms with Crippen molar-refractivity contribution in [1.82, 2.24) is 29.5 Å². The fraction of sp³-hybridized carbons (Fsp3) is 0.515. The van der Waals surface area contributed by atoms with E-state index in [1.807, 2.05) is 85.1 Å². The normalized spacial score (nSPS) is 17.6. The van der Waals surface area contributed by atoms with Crippen LogP contribution in [0.4, 0.5) is 16.3 Å². The Labute approximate surface area is 549 Å². The standard InChI is InChI=1S/C66H92N9O13PSSi2/c1-43(2)74(44(3)4)89(84-39-22-38-67)86-56-53(41-83-66(47-23-20-19-21-24-47,48-27-33-51(80-12)34-28-48)49-29-35-52(81-13)36-30-49)85-60(57(56)88-92(17,18)65(9,10)11)73-42-68-55-58(71-63(90-14)72-59(55)73)70-62(77)69-54(45(5)87-91(15,16)64(6,7)8)61(76)82-40-37-46-25-31-50(32-26-46)75(78)79/h19-21,23-36,42-45,53-54,56-57,60H,22,37,39-41H2,1-18H3,(H2,69,70,71,72,77)/t45-,53+,54+,56+,57+,60+,89?/m0/s1. The SMILES string of the molecule is COc1ccc(C(OC[C@H]2O[C@@H](n3cnc4c(NC(=O)N[C@@H](C(=O)OCCc5ccc([N+](=O)[O-])cc5)[C@H](C)O[Si](C)(C)C(C)(C)C)nc(SC)nc43)[C@H](O[Si](C)(C)C(C)(C)C)[C@@H]2OP(OCCC#N)N(C(C)C)C(C)C)(c2ccccc2)c2ccc(OC)cc2)cc1. The Bertz CT molecular complexity index is 3400. The van der Waals surface area contributed by atoms with Gasteiger partial charge in [0, 0.05) is 30.6 Å². The van der Waals surface area contributed by atoms with Gasteiger partial charge in [0.2, 0.25) is 0 Å². The number of anilines is 1. The van der Waals surface area contributed by atoms with E-state index < -0.39 is 84.4 Å². The molecule has 0 bridgehead atoms. The number of carbonyl (C=O) groups is 2. The molecule has 2 aromatic heterocycles. The number of hydrogen-bond donors (Lipinski definition) is 2. The molecule has 2 N–H and O–H groups in total. The number of nitrogens with one attached hydrogen (secondary N) is 2. The van der Waals surface area contributed by atoms with Gasteiger partial charge in [-0.25, -0.2) is 29.2 Å². The highest BCUT2D eigenvalue weighted by molar-refractivity contribution is 7.98. The molecule has 26 heteroatoms. The first-order valence-corrected chi connectivity index (χ1v) is 39.1. The topological polar surface area (TPSA) is 255 Å². The minimum Gasteiger partial charge on any atom is -0.497 e. The zero-order valence-electron chi connectivity index (χ0n) is 56.3. The van der Waals surface area contributed by atoms with Crippen LogP contribution in [0.2, 0.25) is 36.3 Å². The van der Waals surface area contributed by atoms with Gasteiger partial charge in [0.25, 0.3) is 14.2 Å². The molecule has 1 unspecified atom stereocenters. The van der Waals surface area contributed by atoms with Crippen molar-refractivity contribution in [3.05, 3.63) is 142 Å². The van der Waals surface area contributed by atoms with Crippen LogP contribution in [0.3, 0.4) is 0 Å². The molecule has 1 saturated heterocycles. The number of urea groups is 1. The van der Waals surface area contributed by atoms with E-state index in [-0.39, 0.29) is 77.0 Å². The Morgan fingerprint density at radius 2 is 1.39 bits per heavy atom. The zero-order valence-corrected chi connectivity index (χ0v) is 60.1. The van der Waals surface area contributed by atoms with Gasteiger partial charge in [0.1, 0.15) is 35.4 Å². The zero-order chi connectivity index (χ0) is 67.5. The Hall–Kier alpha value is -6.41. The van der Waals surface area contributed by atoms with Gasteiger partial charge in [-0.2, -0.15) is 5.26 Å². The van der Waals surface area contributed by atoms with E-state index in [1.165, 1.54) is 23.9 Å². The summed E-state index contributed by atoms with van der Waals surface area (Å²) in [4.78, 5) is 54.4. The molecule has 1 aliphatic heterocycles. The highest BCUT2D eigenvalue weighted by Gasteiger charge is 2.55. The summed E-state index contributed by atoms with van der Waals surface area (Å²) in [7, 11) is -4.02. The van der Waals surface area contributed by atoms with Crippen LogP contribution in [0.5, 0.6) is 11.5 Å². The number of hydrogen-bond acceptors (Lipinski definition) is 19. The van der Waals surface area contributed by atoms with E-state index in [0.717, 1.165) is 22.3 Å². The van der Waals surface area contributed by atoms with Crippen LogP contribution in [-0.4, -0.2) is 141 Å². The smallest absolute Gasteiger partial charge is 0.331 e. The molecule has 1 aliphatic rings. The molecule has 92 heavy (non-hydrogen) atoms. The number of nitriles is 1. The predicted octanol–water partition coefficient (Wildman–Crippen LogP) is 14.1. The highest BCUT2D eigenvalue weighted by atomic mass is 32.2. The minimum atomic E-state index is -2.81. The number of carbonyl (C=O) groups excluding carboxylic acids is 2. The summed E-state index contributed by atoms with van der Waals surface area (Å²) in [5.74, 6) is 0.625. The molecule has 0 saturated carbocycles. The molecular weight excluding hydrogens is 1250 g/mol. The lowest BCUT2D eigenvalue weighted by Crippen LogP contribution is -2.55. The van der Waals surface area contributed by atoms with Crippen LogP contribution < -0.4 is 20.1 Å². The van der Waals surface area contributed by atoms with Crippen LogP contribution in [0, 0.1) is 21.4 Å². The second-order valence-electron chi connectivity index (χ2n) is 26.2. The third kappa shape index (κ3) is 17.3. The van der Waals surface area contributed by atoms with Crippen molar-refractivity contribution >= 4 is 71.6 Å². The van der Waals surface area contributed by atoms with E-state index >= 15 is 0 Å². The number of non-ortho nitro benzene ring substituents is 1. The van der Waals surface area contributed by atoms with Crippen LogP contribution in [0.15, 0.2) is 115 Å². The fourth-order valence-electron chi connectivity index (χ4n) is 10.3. The molecule has 7 atom stereocenters. The number of nitrogens with zero attached hydrogens (tertiary/aromatic N) is 7. The Balaban J connectivity index is 1.35. The van der Waals surface area contributed by atoms with Crippen molar-refractivity contribution in [2.45, 2.75) is 185 Å². The summed E-state index contributed by atoms with van der Waals surface area (Å²) in [5, 5.41) is 26.6. The maximum absolute atomic E-state index is 14.6. The summed E-state index contributed by atoms with van der Waals surface area (Å²) in [5.41, 5.74) is 2.31. The largest absolute Gasteiger partial charge is 0.497 e. The van der Waals surface area contributed by atoms with Crippen molar-refractivity contribution in [3.8, 4) is 17.6 Å². The maximum atomic E-state index is 14.6. The van der Waals surface area contributed by atoms with Crippen molar-refractivity contribution in [3.63, 3.8) is 0 Å². The van der Waals surface area contributed by atoms with Crippen molar-refractivity contribution in [2.24, 2.45) is 0 Å². The number of methoxy groups -OCH3 is 2. The first-order chi connectivity index (χ1) is 43.4. The number of imidazole rings is 1. The Morgan fingerprint density at radius 3 is 1.91 bits per heavy atom. The Kier molecular flexibility index (Phi) is 24.8. The molecule has 7 rings (SSSR count). The van der Waals surface area contributed by atoms with Crippen LogP contribution in [-0.2, 0) is 48.9 Å². The monoisotopic (exact) mass is 1340 g/mol. The number of fused-ring (bicyclic) bond motifs is 1. The van der Waals surface area contributed by atoms with Crippen molar-refractivity contribution in [2.75, 3.05) is 45.6 Å². The fourth-order valence-corrected chi connectivity index (χ4v) is 15.1. The van der Waals surface area contributed by atoms with Gasteiger partial charge in [0.15, 0.2) is 51.0 Å². The van der Waals surface area contributed by atoms with Gasteiger partial charge in [-0.15, -0.1) is 0 Å². The first-order valence-electron chi connectivity index (χ1n) is 30.9. The summed E-state index contributed by atoms with van der Waals surface area (Å²) in [6.07, 6.45) is -0.811. The quantitative estimate of drug-likeness (QED) is 0.00489. The molecule has 4 aromatic carbocycles. The van der Waals surface area contributed by atoms with Gasteiger partial charge in [-0.05, 0) is 124 Å². The molecule has 3 heterocycles. The third-order valence-corrected chi connectivity index (χ3v) is 28.9. The van der Waals surface area contributed by atoms with E-state index in [0.29, 0.717) is 17.1 Å². The molecule has 498 valence electrons. The second-order valence-corrected chi connectivity index (χ2v) is 37.9. The predicted molar refractivity (Wildman–Crippen MR) is 363 cm³/mol.